The zero-order valence-corrected chi connectivity index (χ0v) is 29.9. The molecule has 2 heterocycles. The average Bonchev–Trinajstić information content (AvgIpc) is 3.44. The molecule has 0 spiro atoms. The van der Waals surface area contributed by atoms with E-state index in [1.165, 1.54) is 23.5 Å². The molecule has 1 aromatic heterocycles. The Morgan fingerprint density at radius 2 is 1.71 bits per heavy atom. The van der Waals surface area contributed by atoms with Gasteiger partial charge in [-0.25, -0.2) is 4.99 Å². The predicted molar refractivity (Wildman–Crippen MR) is 197 cm³/mol. The summed E-state index contributed by atoms with van der Waals surface area (Å²) in [7, 11) is 1.59. The maximum absolute atomic E-state index is 14.5. The van der Waals surface area contributed by atoms with Crippen LogP contribution in [0.2, 0.25) is 0 Å². The van der Waals surface area contributed by atoms with E-state index in [0.717, 1.165) is 21.9 Å². The number of hydrogen-bond donors (Lipinski definition) is 0. The van der Waals surface area contributed by atoms with Crippen LogP contribution in [0.25, 0.3) is 16.8 Å². The van der Waals surface area contributed by atoms with Crippen molar-refractivity contribution in [3.63, 3.8) is 0 Å². The van der Waals surface area contributed by atoms with Gasteiger partial charge < -0.3 is 19.1 Å². The second-order valence-electron chi connectivity index (χ2n) is 11.8. The van der Waals surface area contributed by atoms with E-state index in [1.807, 2.05) is 70.2 Å². The summed E-state index contributed by atoms with van der Waals surface area (Å²) < 4.78 is 19.9. The summed E-state index contributed by atoms with van der Waals surface area (Å²) in [5.74, 6) is 1.37. The minimum Gasteiger partial charge on any atom is -0.496 e. The highest BCUT2D eigenvalue weighted by Gasteiger charge is 2.36. The van der Waals surface area contributed by atoms with E-state index in [1.54, 1.807) is 46.9 Å². The van der Waals surface area contributed by atoms with Gasteiger partial charge in [0.2, 0.25) is 0 Å². The Kier molecular flexibility index (Phi) is 10.3. The Morgan fingerprint density at radius 1 is 0.980 bits per heavy atom. The zero-order valence-electron chi connectivity index (χ0n) is 29.0. The standard InChI is InChI=1S/C39H38N4O7S/c1-6-41(7-2)38(45)34-24(4)40-39-42(36(34)35-29-12-10-9-11-27(29)16-20-31(35)48-5)37(44)33(51-39)22-26-15-19-30(32(21-26)49-8-3)50-23-25-13-17-28(18-14-25)43(46)47/h9-22,36H,6-8,23H2,1-5H3/b33-22+/t36-/m1/s1. The van der Waals surface area contributed by atoms with E-state index < -0.39 is 11.0 Å². The van der Waals surface area contributed by atoms with Gasteiger partial charge in [0, 0.05) is 30.8 Å². The largest absolute Gasteiger partial charge is 0.496 e. The van der Waals surface area contributed by atoms with Crippen molar-refractivity contribution in [2.75, 3.05) is 26.8 Å². The molecule has 0 fully saturated rings. The van der Waals surface area contributed by atoms with Gasteiger partial charge in [-0.1, -0.05) is 47.7 Å². The van der Waals surface area contributed by atoms with Crippen LogP contribution in [0.3, 0.4) is 0 Å². The van der Waals surface area contributed by atoms with Crippen LogP contribution >= 0.6 is 11.3 Å². The lowest BCUT2D eigenvalue weighted by Gasteiger charge is -2.30. The van der Waals surface area contributed by atoms with Gasteiger partial charge in [-0.15, -0.1) is 0 Å². The third-order valence-corrected chi connectivity index (χ3v) is 9.82. The van der Waals surface area contributed by atoms with Crippen LogP contribution in [0.5, 0.6) is 17.2 Å². The number of carbonyl (C=O) groups excluding carboxylic acids is 1. The molecule has 1 atom stereocenters. The Morgan fingerprint density at radius 3 is 2.39 bits per heavy atom. The molecule has 0 aliphatic carbocycles. The first kappa shape index (κ1) is 35.1. The number of likely N-dealkylation sites (N-methyl/N-ethyl adjacent to an activating group) is 1. The Hall–Kier alpha value is -5.75. The molecule has 1 amide bonds. The lowest BCUT2D eigenvalue weighted by molar-refractivity contribution is -0.384. The van der Waals surface area contributed by atoms with E-state index in [4.69, 9.17) is 19.2 Å². The first-order valence-corrected chi connectivity index (χ1v) is 17.5. The summed E-state index contributed by atoms with van der Waals surface area (Å²) in [5, 5.41) is 12.8. The summed E-state index contributed by atoms with van der Waals surface area (Å²) in [4.78, 5) is 46.4. The molecule has 0 N–H and O–H groups in total. The average molecular weight is 707 g/mol. The topological polar surface area (TPSA) is 126 Å². The van der Waals surface area contributed by atoms with Crippen molar-refractivity contribution in [1.29, 1.82) is 0 Å². The molecule has 0 saturated carbocycles. The number of hydrogen-bond acceptors (Lipinski definition) is 9. The number of rotatable bonds is 12. The molecule has 262 valence electrons. The van der Waals surface area contributed by atoms with E-state index in [0.29, 0.717) is 63.1 Å². The van der Waals surface area contributed by atoms with Crippen LogP contribution in [0.4, 0.5) is 5.69 Å². The molecule has 0 bridgehead atoms. The van der Waals surface area contributed by atoms with Crippen LogP contribution in [0, 0.1) is 10.1 Å². The number of allylic oxidation sites excluding steroid dienone is 1. The number of nitro groups is 1. The van der Waals surface area contributed by atoms with Crippen LogP contribution < -0.4 is 29.1 Å². The molecule has 4 aromatic carbocycles. The first-order chi connectivity index (χ1) is 24.7. The van der Waals surface area contributed by atoms with Crippen molar-refractivity contribution >= 4 is 39.8 Å². The molecule has 51 heavy (non-hydrogen) atoms. The number of thiazole rings is 1. The molecule has 5 aromatic rings. The lowest BCUT2D eigenvalue weighted by atomic mass is 9.90. The van der Waals surface area contributed by atoms with Crippen molar-refractivity contribution in [3.8, 4) is 17.2 Å². The number of amides is 1. The number of nitro benzene ring substituents is 1. The fourth-order valence-corrected chi connectivity index (χ4v) is 7.36. The smallest absolute Gasteiger partial charge is 0.271 e. The Balaban J connectivity index is 1.46. The molecule has 12 heteroatoms. The normalized spacial score (nSPS) is 14.2. The highest BCUT2D eigenvalue weighted by atomic mass is 32.1. The number of aromatic nitrogens is 1. The molecule has 1 aliphatic heterocycles. The first-order valence-electron chi connectivity index (χ1n) is 16.7. The highest BCUT2D eigenvalue weighted by molar-refractivity contribution is 7.07. The highest BCUT2D eigenvalue weighted by Crippen LogP contribution is 2.40. The summed E-state index contributed by atoms with van der Waals surface area (Å²) >= 11 is 1.25. The third-order valence-electron chi connectivity index (χ3n) is 8.83. The van der Waals surface area contributed by atoms with Crippen LogP contribution in [-0.4, -0.2) is 47.1 Å². The minimum atomic E-state index is -0.785. The predicted octanol–water partition coefficient (Wildman–Crippen LogP) is 6.15. The number of ether oxygens (including phenoxy) is 3. The fourth-order valence-electron chi connectivity index (χ4n) is 6.31. The molecule has 11 nitrogen and oxygen atoms in total. The van der Waals surface area contributed by atoms with E-state index in [2.05, 4.69) is 0 Å². The number of non-ortho nitro benzene ring substituents is 1. The Labute approximate surface area is 298 Å². The van der Waals surface area contributed by atoms with Crippen molar-refractivity contribution < 1.29 is 23.9 Å². The maximum atomic E-state index is 14.5. The van der Waals surface area contributed by atoms with Gasteiger partial charge in [-0.2, -0.15) is 0 Å². The monoisotopic (exact) mass is 706 g/mol. The molecular formula is C39H38N4O7S. The number of carbonyl (C=O) groups is 1. The SMILES string of the molecule is CCOc1cc(/C=c2/sc3n(c2=O)[C@@H](c2c(OC)ccc4ccccc24)C(C(=O)N(CC)CC)=C(C)N=3)ccc1OCc1ccc([N+](=O)[O-])cc1. The molecule has 6 rings (SSSR count). The van der Waals surface area contributed by atoms with E-state index >= 15 is 0 Å². The summed E-state index contributed by atoms with van der Waals surface area (Å²) in [6.07, 6.45) is 1.79. The van der Waals surface area contributed by atoms with Gasteiger partial charge in [-0.05, 0) is 86.0 Å². The quantitative estimate of drug-likeness (QED) is 0.113. The summed E-state index contributed by atoms with van der Waals surface area (Å²) in [5.41, 5.74) is 2.90. The molecular weight excluding hydrogens is 669 g/mol. The fraction of sp³-hybridized carbons (Fsp3) is 0.256. The number of nitrogens with zero attached hydrogens (tertiary/aromatic N) is 4. The number of fused-ring (bicyclic) bond motifs is 2. The van der Waals surface area contributed by atoms with E-state index in [-0.39, 0.29) is 23.8 Å². The van der Waals surface area contributed by atoms with Crippen molar-refractivity contribution in [3.05, 3.63) is 137 Å². The minimum absolute atomic E-state index is 0.00726. The second kappa shape index (κ2) is 15.0. The third kappa shape index (κ3) is 6.87. The van der Waals surface area contributed by atoms with Crippen LogP contribution in [0.1, 0.15) is 50.4 Å². The van der Waals surface area contributed by atoms with Gasteiger partial charge in [0.1, 0.15) is 18.4 Å². The Bertz CT molecular complexity index is 2340. The van der Waals surface area contributed by atoms with Crippen molar-refractivity contribution in [1.82, 2.24) is 9.47 Å². The lowest BCUT2D eigenvalue weighted by Crippen LogP contribution is -2.43. The maximum Gasteiger partial charge on any atom is 0.271 e. The van der Waals surface area contributed by atoms with Gasteiger partial charge in [0.25, 0.3) is 17.2 Å². The van der Waals surface area contributed by atoms with Crippen molar-refractivity contribution in [2.24, 2.45) is 4.99 Å². The van der Waals surface area contributed by atoms with Gasteiger partial charge in [0.15, 0.2) is 16.3 Å². The van der Waals surface area contributed by atoms with Gasteiger partial charge >= 0.3 is 0 Å². The van der Waals surface area contributed by atoms with Gasteiger partial charge in [0.05, 0.1) is 34.4 Å². The molecule has 0 saturated heterocycles. The summed E-state index contributed by atoms with van der Waals surface area (Å²) in [6.45, 7) is 9.13. The van der Waals surface area contributed by atoms with Gasteiger partial charge in [-0.3, -0.25) is 24.3 Å². The second-order valence-corrected chi connectivity index (χ2v) is 12.8. The zero-order chi connectivity index (χ0) is 36.2. The van der Waals surface area contributed by atoms with Crippen molar-refractivity contribution in [2.45, 2.75) is 40.3 Å². The van der Waals surface area contributed by atoms with Crippen LogP contribution in [-0.2, 0) is 11.4 Å². The molecule has 1 aliphatic rings. The van der Waals surface area contributed by atoms with E-state index in [9.17, 15) is 19.7 Å². The number of methoxy groups -OCH3 is 1. The molecule has 0 radical (unpaired) electrons. The van der Waals surface area contributed by atoms with Crippen LogP contribution in [0.15, 0.2) is 99.9 Å². The molecule has 0 unspecified atom stereocenters. The number of benzene rings is 4. The summed E-state index contributed by atoms with van der Waals surface area (Å²) in [6, 6.07) is 22.5.